The first-order valence-electron chi connectivity index (χ1n) is 14.1. The molecular formula is C40H28O2. The van der Waals surface area contributed by atoms with Crippen molar-refractivity contribution in [1.29, 1.82) is 0 Å². The molecule has 0 radical (unpaired) electrons. The zero-order valence-corrected chi connectivity index (χ0v) is 23.1. The normalized spacial score (nSPS) is 22.1. The molecule has 2 bridgehead atoms. The van der Waals surface area contributed by atoms with Gasteiger partial charge in [0.2, 0.25) is 0 Å². The molecule has 0 spiro atoms. The maximum atomic E-state index is 11.0. The Morgan fingerprint density at radius 2 is 1.60 bits per heavy atom. The van der Waals surface area contributed by atoms with E-state index in [1.165, 1.54) is 28.4 Å². The highest BCUT2D eigenvalue weighted by Crippen LogP contribution is 2.65. The Kier molecular flexibility index (Phi) is 6.00. The number of benzene rings is 3. The molecule has 42 heavy (non-hydrogen) atoms. The van der Waals surface area contributed by atoms with E-state index in [-0.39, 0.29) is 11.5 Å². The average Bonchev–Trinajstić information content (AvgIpc) is 3.24. The second-order valence-corrected chi connectivity index (χ2v) is 11.1. The summed E-state index contributed by atoms with van der Waals surface area (Å²) in [5.74, 6) is 2.73. The first-order valence-corrected chi connectivity index (χ1v) is 14.1. The summed E-state index contributed by atoms with van der Waals surface area (Å²) in [5, 5.41) is 21.8. The summed E-state index contributed by atoms with van der Waals surface area (Å²) in [6, 6.07) is 29.4. The van der Waals surface area contributed by atoms with Gasteiger partial charge in [0.05, 0.1) is 5.41 Å². The summed E-state index contributed by atoms with van der Waals surface area (Å²) >= 11 is 0. The van der Waals surface area contributed by atoms with Crippen molar-refractivity contribution in [2.24, 2.45) is 5.92 Å². The predicted molar refractivity (Wildman–Crippen MR) is 169 cm³/mol. The van der Waals surface area contributed by atoms with Gasteiger partial charge in [-0.15, -0.1) is 6.42 Å². The van der Waals surface area contributed by atoms with E-state index in [0.29, 0.717) is 5.92 Å². The molecule has 2 fully saturated rings. The van der Waals surface area contributed by atoms with Crippen LogP contribution in [0.5, 0.6) is 0 Å². The SMILES string of the molecule is C#C/C=C(O)\C=C1/C(=C)C2=C=C=C(O)C=C2C1(C1=CC(c2ccccc2)=C2CC1C2)c1cccc(-c2ccccc2)c1. The lowest BCUT2D eigenvalue weighted by Gasteiger charge is -2.47. The summed E-state index contributed by atoms with van der Waals surface area (Å²) < 4.78 is 0. The van der Waals surface area contributed by atoms with Crippen LogP contribution in [0.4, 0.5) is 0 Å². The van der Waals surface area contributed by atoms with E-state index >= 15 is 0 Å². The monoisotopic (exact) mass is 540 g/mol. The zero-order chi connectivity index (χ0) is 28.8. The fourth-order valence-electron chi connectivity index (χ4n) is 6.97. The Bertz CT molecular complexity index is 1960. The Balaban J connectivity index is 1.57. The number of hydrogen-bond donors (Lipinski definition) is 2. The molecule has 3 aromatic carbocycles. The number of rotatable bonds is 5. The van der Waals surface area contributed by atoms with Crippen molar-refractivity contribution in [3.05, 3.63) is 183 Å². The van der Waals surface area contributed by atoms with Crippen molar-refractivity contribution in [3.63, 3.8) is 0 Å². The minimum Gasteiger partial charge on any atom is -0.507 e. The minimum absolute atomic E-state index is 0.0133. The molecule has 2 nitrogen and oxygen atoms in total. The quantitative estimate of drug-likeness (QED) is 0.193. The smallest absolute Gasteiger partial charge is 0.167 e. The molecule has 0 aliphatic heterocycles. The second kappa shape index (κ2) is 9.88. The van der Waals surface area contributed by atoms with E-state index in [1.54, 1.807) is 12.2 Å². The molecule has 1 atom stereocenters. The molecule has 0 aromatic heterocycles. The van der Waals surface area contributed by atoms with E-state index in [2.05, 4.69) is 90.7 Å². The molecule has 0 saturated heterocycles. The van der Waals surface area contributed by atoms with Crippen LogP contribution in [0.2, 0.25) is 0 Å². The molecule has 2 N–H and O–H groups in total. The van der Waals surface area contributed by atoms with Crippen LogP contribution in [0.1, 0.15) is 24.0 Å². The first kappa shape index (κ1) is 25.5. The highest BCUT2D eigenvalue weighted by Gasteiger charge is 2.55. The topological polar surface area (TPSA) is 40.5 Å². The summed E-state index contributed by atoms with van der Waals surface area (Å²) in [4.78, 5) is 0. The van der Waals surface area contributed by atoms with Crippen molar-refractivity contribution in [2.75, 3.05) is 0 Å². The van der Waals surface area contributed by atoms with Gasteiger partial charge >= 0.3 is 0 Å². The van der Waals surface area contributed by atoms with Crippen molar-refractivity contribution in [2.45, 2.75) is 18.3 Å². The molecule has 5 aliphatic rings. The van der Waals surface area contributed by atoms with Crippen molar-refractivity contribution in [3.8, 4) is 23.5 Å². The van der Waals surface area contributed by atoms with Crippen molar-refractivity contribution in [1.82, 2.24) is 0 Å². The Labute approximate surface area is 246 Å². The van der Waals surface area contributed by atoms with Crippen LogP contribution in [0, 0.1) is 18.3 Å². The molecule has 8 rings (SSSR count). The van der Waals surface area contributed by atoms with Crippen LogP contribution in [0.25, 0.3) is 16.7 Å². The van der Waals surface area contributed by atoms with Gasteiger partial charge in [-0.25, -0.2) is 0 Å². The summed E-state index contributed by atoms with van der Waals surface area (Å²) in [6.45, 7) is 4.50. The van der Waals surface area contributed by atoms with Gasteiger partial charge in [0.1, 0.15) is 5.76 Å². The van der Waals surface area contributed by atoms with Crippen molar-refractivity contribution < 1.29 is 10.2 Å². The molecule has 2 heteroatoms. The second-order valence-electron chi connectivity index (χ2n) is 11.1. The molecule has 0 amide bonds. The summed E-state index contributed by atoms with van der Waals surface area (Å²) in [5.41, 5.74) is 16.7. The number of aliphatic hydroxyl groups excluding tert-OH is 2. The van der Waals surface area contributed by atoms with Crippen molar-refractivity contribution >= 4 is 5.57 Å². The zero-order valence-electron chi connectivity index (χ0n) is 23.1. The van der Waals surface area contributed by atoms with Crippen LogP contribution >= 0.6 is 0 Å². The van der Waals surface area contributed by atoms with Gasteiger partial charge in [0.15, 0.2) is 5.76 Å². The highest BCUT2D eigenvalue weighted by molar-refractivity contribution is 5.87. The van der Waals surface area contributed by atoms with Gasteiger partial charge in [-0.2, -0.15) is 0 Å². The molecule has 0 heterocycles. The summed E-state index contributed by atoms with van der Waals surface area (Å²) in [7, 11) is 0. The fraction of sp³-hybridized carbons (Fsp3) is 0.100. The number of fused-ring (bicyclic) bond motifs is 2. The van der Waals surface area contributed by atoms with Crippen LogP contribution in [-0.4, -0.2) is 10.2 Å². The third kappa shape index (κ3) is 3.85. The number of aliphatic hydroxyl groups is 2. The van der Waals surface area contributed by atoms with Crippen LogP contribution < -0.4 is 0 Å². The number of hydrogen-bond acceptors (Lipinski definition) is 2. The molecule has 5 aliphatic carbocycles. The van der Waals surface area contributed by atoms with E-state index in [4.69, 9.17) is 6.42 Å². The third-order valence-electron chi connectivity index (χ3n) is 8.85. The predicted octanol–water partition coefficient (Wildman–Crippen LogP) is 9.03. The van der Waals surface area contributed by atoms with Gasteiger partial charge in [0.25, 0.3) is 0 Å². The number of allylic oxidation sites excluding steroid dienone is 11. The van der Waals surface area contributed by atoms with E-state index in [1.807, 2.05) is 24.3 Å². The molecule has 200 valence electrons. The largest absolute Gasteiger partial charge is 0.507 e. The van der Waals surface area contributed by atoms with E-state index in [0.717, 1.165) is 51.8 Å². The van der Waals surface area contributed by atoms with Gasteiger partial charge < -0.3 is 10.2 Å². The average molecular weight is 541 g/mol. The first-order chi connectivity index (χ1) is 20.5. The summed E-state index contributed by atoms with van der Waals surface area (Å²) in [6.07, 6.45) is 14.7. The minimum atomic E-state index is -0.854. The molecule has 3 aromatic rings. The Morgan fingerprint density at radius 1 is 0.905 bits per heavy atom. The van der Waals surface area contributed by atoms with Crippen LogP contribution in [-0.2, 0) is 5.41 Å². The standard InChI is InChI=1S/C40H28O2/c1-3-11-33(41)23-37-26(2)35-19-18-34(42)24-39(35)40(37,32-17-10-16-29(22-32)27-12-6-4-7-13-27)38-25-36(30-20-31(38)21-30)28-14-8-5-9-15-28/h1,4-17,22-25,31,41-42H,2,20-21H2/b33-11+,37-23+. The maximum absolute atomic E-state index is 11.0. The Hall–Kier alpha value is -5.44. The van der Waals surface area contributed by atoms with Crippen LogP contribution in [0.15, 0.2) is 172 Å². The Morgan fingerprint density at radius 3 is 2.31 bits per heavy atom. The lowest BCUT2D eigenvalue weighted by atomic mass is 9.55. The lowest BCUT2D eigenvalue weighted by Crippen LogP contribution is -2.38. The molecule has 2 saturated carbocycles. The fourth-order valence-corrected chi connectivity index (χ4v) is 6.97. The number of terminal acetylenes is 1. The highest BCUT2D eigenvalue weighted by atomic mass is 16.3. The van der Waals surface area contributed by atoms with Gasteiger partial charge in [-0.1, -0.05) is 109 Å². The molecule has 1 unspecified atom stereocenters. The van der Waals surface area contributed by atoms with Gasteiger partial charge in [-0.3, -0.25) is 0 Å². The van der Waals surface area contributed by atoms with Gasteiger partial charge in [-0.05, 0) is 92.8 Å². The van der Waals surface area contributed by atoms with E-state index < -0.39 is 5.41 Å². The third-order valence-corrected chi connectivity index (χ3v) is 8.85. The lowest BCUT2D eigenvalue weighted by molar-refractivity contribution is 0.420. The van der Waals surface area contributed by atoms with Crippen LogP contribution in [0.3, 0.4) is 0 Å². The molecular weight excluding hydrogens is 512 g/mol. The maximum Gasteiger partial charge on any atom is 0.167 e. The van der Waals surface area contributed by atoms with E-state index in [9.17, 15) is 10.2 Å². The van der Waals surface area contributed by atoms with Gasteiger partial charge in [0, 0.05) is 11.6 Å².